The van der Waals surface area contributed by atoms with E-state index < -0.39 is 36.9 Å². The van der Waals surface area contributed by atoms with Crippen molar-refractivity contribution in [3.8, 4) is 0 Å². The molecule has 3 aromatic rings. The normalized spacial score (nSPS) is 11.4. The number of carbonyl (C=O) groups is 3. The van der Waals surface area contributed by atoms with E-state index in [1.54, 1.807) is 0 Å². The summed E-state index contributed by atoms with van der Waals surface area (Å²) in [6.07, 6.45) is -3.69. The van der Waals surface area contributed by atoms with Crippen molar-refractivity contribution < 1.29 is 32.3 Å². The molecule has 0 unspecified atom stereocenters. The summed E-state index contributed by atoms with van der Waals surface area (Å²) in [4.78, 5) is 39.6. The highest BCUT2D eigenvalue weighted by Gasteiger charge is 2.38. The Balaban J connectivity index is 1.63. The van der Waals surface area contributed by atoms with E-state index in [-0.39, 0.29) is 22.5 Å². The van der Waals surface area contributed by atoms with Gasteiger partial charge in [0.25, 0.3) is 0 Å². The lowest BCUT2D eigenvalue weighted by molar-refractivity contribution is -0.150. The van der Waals surface area contributed by atoms with Crippen LogP contribution in [-0.4, -0.2) is 33.8 Å². The van der Waals surface area contributed by atoms with Crippen molar-refractivity contribution in [2.24, 2.45) is 0 Å². The Morgan fingerprint density at radius 3 is 2.41 bits per heavy atom. The molecule has 0 saturated heterocycles. The Hall–Kier alpha value is -3.69. The molecule has 7 nitrogen and oxygen atoms in total. The number of Topliss-reactive ketones (excluding diaryl/α,β-unsaturated/α-hetero) is 1. The second kappa shape index (κ2) is 9.63. The van der Waals surface area contributed by atoms with E-state index in [4.69, 9.17) is 4.74 Å². The maximum atomic E-state index is 13.3. The van der Waals surface area contributed by atoms with Gasteiger partial charge >= 0.3 is 12.1 Å². The summed E-state index contributed by atoms with van der Waals surface area (Å²) in [6.45, 7) is 0.501. The predicted molar refractivity (Wildman–Crippen MR) is 110 cm³/mol. The van der Waals surface area contributed by atoms with Crippen LogP contribution in [0.15, 0.2) is 48.5 Å². The van der Waals surface area contributed by atoms with Gasteiger partial charge in [-0.05, 0) is 42.8 Å². The van der Waals surface area contributed by atoms with Crippen LogP contribution in [0.3, 0.4) is 0 Å². The van der Waals surface area contributed by atoms with Crippen LogP contribution in [0.1, 0.15) is 35.9 Å². The fraction of sp³-hybridized carbons (Fsp3) is 0.273. The van der Waals surface area contributed by atoms with E-state index in [9.17, 15) is 27.6 Å². The average molecular weight is 447 g/mol. The van der Waals surface area contributed by atoms with Gasteiger partial charge in [0.1, 0.15) is 6.54 Å². The number of hydrogen-bond donors (Lipinski definition) is 1. The van der Waals surface area contributed by atoms with Crippen molar-refractivity contribution >= 4 is 34.4 Å². The molecule has 0 saturated carbocycles. The van der Waals surface area contributed by atoms with Crippen molar-refractivity contribution in [1.82, 2.24) is 9.55 Å². The van der Waals surface area contributed by atoms with Crippen LogP contribution >= 0.6 is 0 Å². The zero-order valence-corrected chi connectivity index (χ0v) is 17.1. The summed E-state index contributed by atoms with van der Waals surface area (Å²) in [5, 5.41) is 2.68. The van der Waals surface area contributed by atoms with Crippen LogP contribution in [-0.2, 0) is 27.0 Å². The molecule has 0 radical (unpaired) electrons. The highest BCUT2D eigenvalue weighted by molar-refractivity contribution is 5.99. The first-order valence-electron chi connectivity index (χ1n) is 9.80. The molecule has 1 amide bonds. The van der Waals surface area contributed by atoms with Crippen LogP contribution < -0.4 is 5.32 Å². The first-order chi connectivity index (χ1) is 15.2. The largest absolute Gasteiger partial charge is 0.456 e. The predicted octanol–water partition coefficient (Wildman–Crippen LogP) is 4.22. The SMILES string of the molecule is CCCC(=O)Nc1ccc(C(=O)COC(=O)Cn2c(C(F)(F)F)nc3ccccc32)cc1. The number of amides is 1. The van der Waals surface area contributed by atoms with E-state index in [0.29, 0.717) is 18.5 Å². The van der Waals surface area contributed by atoms with Crippen LogP contribution in [0.2, 0.25) is 0 Å². The van der Waals surface area contributed by atoms with Crippen molar-refractivity contribution in [2.45, 2.75) is 32.5 Å². The van der Waals surface area contributed by atoms with E-state index in [0.717, 1.165) is 4.57 Å². The lowest BCUT2D eigenvalue weighted by atomic mass is 10.1. The van der Waals surface area contributed by atoms with Crippen molar-refractivity contribution in [3.63, 3.8) is 0 Å². The number of rotatable bonds is 8. The molecule has 32 heavy (non-hydrogen) atoms. The molecular formula is C22H20F3N3O4. The summed E-state index contributed by atoms with van der Waals surface area (Å²) < 4.78 is 45.6. The van der Waals surface area contributed by atoms with E-state index in [1.165, 1.54) is 48.5 Å². The first kappa shape index (κ1) is 23.0. The summed E-state index contributed by atoms with van der Waals surface area (Å²) in [5.74, 6) is -2.90. The second-order valence-corrected chi connectivity index (χ2v) is 6.97. The molecule has 0 spiro atoms. The van der Waals surface area contributed by atoms with E-state index in [2.05, 4.69) is 10.3 Å². The molecule has 0 fully saturated rings. The number of para-hydroxylation sites is 2. The topological polar surface area (TPSA) is 90.3 Å². The van der Waals surface area contributed by atoms with Gasteiger partial charge in [-0.3, -0.25) is 14.4 Å². The Morgan fingerprint density at radius 2 is 1.75 bits per heavy atom. The third-order valence-electron chi connectivity index (χ3n) is 4.53. The standard InChI is InChI=1S/C22H20F3N3O4/c1-2-5-19(30)26-15-10-8-14(9-11-15)18(29)13-32-20(31)12-28-17-7-4-3-6-16(17)27-21(28)22(23,24)25/h3-4,6-11H,2,5,12-13H2,1H3,(H,26,30). The number of imidazole rings is 1. The summed E-state index contributed by atoms with van der Waals surface area (Å²) in [6, 6.07) is 11.9. The zero-order chi connectivity index (χ0) is 23.3. The van der Waals surface area contributed by atoms with Crippen LogP contribution in [0.4, 0.5) is 18.9 Å². The van der Waals surface area contributed by atoms with Gasteiger partial charge in [0.05, 0.1) is 11.0 Å². The number of aromatic nitrogens is 2. The number of benzene rings is 2. The highest BCUT2D eigenvalue weighted by atomic mass is 19.4. The van der Waals surface area contributed by atoms with Crippen molar-refractivity contribution in [3.05, 3.63) is 59.9 Å². The van der Waals surface area contributed by atoms with Crippen LogP contribution in [0, 0.1) is 0 Å². The molecule has 2 aromatic carbocycles. The third-order valence-corrected chi connectivity index (χ3v) is 4.53. The van der Waals surface area contributed by atoms with Gasteiger partial charge in [0.15, 0.2) is 12.4 Å². The number of hydrogen-bond acceptors (Lipinski definition) is 5. The van der Waals surface area contributed by atoms with Gasteiger partial charge in [-0.2, -0.15) is 13.2 Å². The van der Waals surface area contributed by atoms with E-state index in [1.807, 2.05) is 6.92 Å². The fourth-order valence-electron chi connectivity index (χ4n) is 3.05. The fourth-order valence-corrected chi connectivity index (χ4v) is 3.05. The molecule has 3 rings (SSSR count). The molecule has 1 heterocycles. The van der Waals surface area contributed by atoms with Crippen molar-refractivity contribution in [2.75, 3.05) is 11.9 Å². The van der Waals surface area contributed by atoms with Crippen LogP contribution in [0.5, 0.6) is 0 Å². The Bertz CT molecular complexity index is 1140. The molecule has 0 atom stereocenters. The quantitative estimate of drug-likeness (QED) is 0.413. The number of esters is 1. The lowest BCUT2D eigenvalue weighted by Gasteiger charge is -2.11. The maximum absolute atomic E-state index is 13.3. The molecule has 10 heteroatoms. The average Bonchev–Trinajstić information content (AvgIpc) is 3.12. The molecule has 1 aromatic heterocycles. The molecule has 0 bridgehead atoms. The number of carbonyl (C=O) groups excluding carboxylic acids is 3. The van der Waals surface area contributed by atoms with Gasteiger partial charge in [-0.15, -0.1) is 0 Å². The minimum Gasteiger partial charge on any atom is -0.456 e. The number of alkyl halides is 3. The summed E-state index contributed by atoms with van der Waals surface area (Å²) in [5.41, 5.74) is 0.970. The minimum absolute atomic E-state index is 0.0924. The second-order valence-electron chi connectivity index (χ2n) is 6.97. The van der Waals surface area contributed by atoms with Gasteiger partial charge in [-0.25, -0.2) is 4.98 Å². The number of halogens is 3. The lowest BCUT2D eigenvalue weighted by Crippen LogP contribution is -2.22. The van der Waals surface area contributed by atoms with Crippen LogP contribution in [0.25, 0.3) is 11.0 Å². The third kappa shape index (κ3) is 5.51. The zero-order valence-electron chi connectivity index (χ0n) is 17.1. The molecule has 168 valence electrons. The van der Waals surface area contributed by atoms with Gasteiger partial charge < -0.3 is 14.6 Å². The number of anilines is 1. The maximum Gasteiger partial charge on any atom is 0.449 e. The minimum atomic E-state index is -4.76. The summed E-state index contributed by atoms with van der Waals surface area (Å²) in [7, 11) is 0. The molecule has 0 aliphatic carbocycles. The first-order valence-corrected chi connectivity index (χ1v) is 9.80. The number of fused-ring (bicyclic) bond motifs is 1. The van der Waals surface area contributed by atoms with E-state index >= 15 is 0 Å². The molecule has 1 N–H and O–H groups in total. The Labute approximate surface area is 181 Å². The summed E-state index contributed by atoms with van der Waals surface area (Å²) >= 11 is 0. The molecular weight excluding hydrogens is 427 g/mol. The number of nitrogens with zero attached hydrogens (tertiary/aromatic N) is 2. The number of ether oxygens (including phenoxy) is 1. The monoisotopic (exact) mass is 447 g/mol. The van der Waals surface area contributed by atoms with Gasteiger partial charge in [0, 0.05) is 17.7 Å². The molecule has 0 aliphatic rings. The number of ketones is 1. The smallest absolute Gasteiger partial charge is 0.449 e. The van der Waals surface area contributed by atoms with Gasteiger partial charge in [-0.1, -0.05) is 19.1 Å². The highest BCUT2D eigenvalue weighted by Crippen LogP contribution is 2.31. The number of nitrogens with one attached hydrogen (secondary N) is 1. The van der Waals surface area contributed by atoms with Crippen molar-refractivity contribution in [1.29, 1.82) is 0 Å². The van der Waals surface area contributed by atoms with Gasteiger partial charge in [0.2, 0.25) is 11.7 Å². The molecule has 0 aliphatic heterocycles. The Morgan fingerprint density at radius 1 is 1.06 bits per heavy atom. The Kier molecular flexibility index (Phi) is 6.92.